The van der Waals surface area contributed by atoms with Gasteiger partial charge in [0.15, 0.2) is 0 Å². The molecule has 5 rings (SSSR count). The number of aromatic nitrogens is 2. The minimum atomic E-state index is 0.0104. The lowest BCUT2D eigenvalue weighted by molar-refractivity contribution is 0.0574. The average molecular weight is 379 g/mol. The Labute approximate surface area is 167 Å². The fourth-order valence-electron chi connectivity index (χ4n) is 5.04. The molecule has 1 saturated carbocycles. The van der Waals surface area contributed by atoms with Gasteiger partial charge in [0.25, 0.3) is 5.91 Å². The van der Waals surface area contributed by atoms with E-state index in [0.717, 1.165) is 17.9 Å². The molecule has 5 nitrogen and oxygen atoms in total. The second kappa shape index (κ2) is 7.70. The minimum absolute atomic E-state index is 0.0104. The van der Waals surface area contributed by atoms with Crippen LogP contribution in [0.3, 0.4) is 0 Å². The molecular weight excluding hydrogens is 348 g/mol. The molecule has 0 spiro atoms. The molecule has 1 aromatic heterocycles. The van der Waals surface area contributed by atoms with E-state index in [1.165, 1.54) is 58.0 Å². The molecule has 148 valence electrons. The SMILES string of the molecule is O=C(NC[C@@H]1CCCN2CCCC[C@H]12)c1cc(C2CC2)nn1-c1ccccc1. The van der Waals surface area contributed by atoms with Gasteiger partial charge in [-0.25, -0.2) is 4.68 Å². The predicted molar refractivity (Wildman–Crippen MR) is 110 cm³/mol. The molecular formula is C23H30N4O. The summed E-state index contributed by atoms with van der Waals surface area (Å²) in [6.07, 6.45) is 8.80. The summed E-state index contributed by atoms with van der Waals surface area (Å²) in [4.78, 5) is 15.8. The number of carbonyl (C=O) groups excluding carboxylic acids is 1. The molecule has 0 unspecified atom stereocenters. The number of hydrogen-bond acceptors (Lipinski definition) is 3. The zero-order chi connectivity index (χ0) is 18.9. The summed E-state index contributed by atoms with van der Waals surface area (Å²) in [5.41, 5.74) is 2.69. The fraction of sp³-hybridized carbons (Fsp3) is 0.565. The number of fused-ring (bicyclic) bond motifs is 1. The van der Waals surface area contributed by atoms with Gasteiger partial charge in [-0.1, -0.05) is 24.6 Å². The van der Waals surface area contributed by atoms with E-state index in [1.54, 1.807) is 0 Å². The number of hydrogen-bond donors (Lipinski definition) is 1. The molecule has 3 aliphatic rings. The van der Waals surface area contributed by atoms with E-state index in [9.17, 15) is 4.79 Å². The van der Waals surface area contributed by atoms with Crippen LogP contribution in [0.1, 0.15) is 67.0 Å². The van der Waals surface area contributed by atoms with Gasteiger partial charge in [0.1, 0.15) is 5.69 Å². The molecule has 3 heterocycles. The van der Waals surface area contributed by atoms with Gasteiger partial charge in [-0.3, -0.25) is 4.79 Å². The number of benzene rings is 1. The van der Waals surface area contributed by atoms with Gasteiger partial charge < -0.3 is 10.2 Å². The molecule has 2 aliphatic heterocycles. The Morgan fingerprint density at radius 2 is 1.86 bits per heavy atom. The van der Waals surface area contributed by atoms with Crippen LogP contribution in [0.2, 0.25) is 0 Å². The van der Waals surface area contributed by atoms with Crippen molar-refractivity contribution in [1.82, 2.24) is 20.0 Å². The summed E-state index contributed by atoms with van der Waals surface area (Å²) in [5, 5.41) is 8.03. The second-order valence-corrected chi connectivity index (χ2v) is 8.69. The van der Waals surface area contributed by atoms with Crippen LogP contribution < -0.4 is 5.32 Å². The van der Waals surface area contributed by atoms with Crippen molar-refractivity contribution < 1.29 is 4.79 Å². The van der Waals surface area contributed by atoms with Gasteiger partial charge >= 0.3 is 0 Å². The first-order valence-corrected chi connectivity index (χ1v) is 11.0. The van der Waals surface area contributed by atoms with Crippen LogP contribution in [0.15, 0.2) is 36.4 Å². The normalized spacial score (nSPS) is 25.3. The van der Waals surface area contributed by atoms with Gasteiger partial charge in [0, 0.05) is 18.5 Å². The van der Waals surface area contributed by atoms with Crippen molar-refractivity contribution in [2.24, 2.45) is 5.92 Å². The number of amides is 1. The maximum absolute atomic E-state index is 13.1. The summed E-state index contributed by atoms with van der Waals surface area (Å²) in [7, 11) is 0. The smallest absolute Gasteiger partial charge is 0.270 e. The Kier molecular flexibility index (Phi) is 4.93. The number of nitrogens with one attached hydrogen (secondary N) is 1. The molecule has 1 amide bonds. The van der Waals surface area contributed by atoms with Crippen LogP contribution in [0.4, 0.5) is 0 Å². The molecule has 2 atom stereocenters. The molecule has 1 aliphatic carbocycles. The molecule has 28 heavy (non-hydrogen) atoms. The van der Waals surface area contributed by atoms with Crippen LogP contribution >= 0.6 is 0 Å². The minimum Gasteiger partial charge on any atom is -0.350 e. The van der Waals surface area contributed by atoms with E-state index >= 15 is 0 Å². The van der Waals surface area contributed by atoms with Crippen molar-refractivity contribution in [2.45, 2.75) is 56.9 Å². The highest BCUT2D eigenvalue weighted by Gasteiger charge is 2.33. The van der Waals surface area contributed by atoms with Crippen molar-refractivity contribution in [3.05, 3.63) is 47.8 Å². The second-order valence-electron chi connectivity index (χ2n) is 8.69. The molecule has 2 saturated heterocycles. The Hall–Kier alpha value is -2.14. The molecule has 0 radical (unpaired) electrons. The van der Waals surface area contributed by atoms with Crippen molar-refractivity contribution in [1.29, 1.82) is 0 Å². The Bertz CT molecular complexity index is 824. The van der Waals surface area contributed by atoms with E-state index in [4.69, 9.17) is 5.10 Å². The van der Waals surface area contributed by atoms with Crippen molar-refractivity contribution in [3.63, 3.8) is 0 Å². The first-order chi connectivity index (χ1) is 13.8. The largest absolute Gasteiger partial charge is 0.350 e. The molecule has 0 bridgehead atoms. The highest BCUT2D eigenvalue weighted by Crippen LogP contribution is 2.39. The number of piperidine rings is 2. The van der Waals surface area contributed by atoms with Crippen LogP contribution in [-0.4, -0.2) is 46.3 Å². The number of nitrogens with zero attached hydrogens (tertiary/aromatic N) is 3. The van der Waals surface area contributed by atoms with Crippen molar-refractivity contribution in [2.75, 3.05) is 19.6 Å². The first kappa shape index (κ1) is 17.9. The molecule has 5 heteroatoms. The van der Waals surface area contributed by atoms with Gasteiger partial charge in [-0.05, 0) is 75.7 Å². The van der Waals surface area contributed by atoms with Gasteiger partial charge in [0.2, 0.25) is 0 Å². The van der Waals surface area contributed by atoms with E-state index < -0.39 is 0 Å². The molecule has 2 aromatic rings. The van der Waals surface area contributed by atoms with E-state index in [1.807, 2.05) is 41.1 Å². The van der Waals surface area contributed by atoms with Gasteiger partial charge in [-0.2, -0.15) is 5.10 Å². The monoisotopic (exact) mass is 378 g/mol. The fourth-order valence-corrected chi connectivity index (χ4v) is 5.04. The quantitative estimate of drug-likeness (QED) is 0.862. The highest BCUT2D eigenvalue weighted by atomic mass is 16.2. The number of para-hydroxylation sites is 1. The average Bonchev–Trinajstić information content (AvgIpc) is 3.51. The number of rotatable bonds is 5. The standard InChI is InChI=1S/C23H30N4O/c28-23(24-16-18-7-6-14-26-13-5-4-10-21(18)26)22-15-20(17-11-12-17)25-27(22)19-8-2-1-3-9-19/h1-3,8-9,15,17-18,21H,4-7,10-14,16H2,(H,24,28)/t18-,21+/m0/s1. The summed E-state index contributed by atoms with van der Waals surface area (Å²) in [5.74, 6) is 1.12. The van der Waals surface area contributed by atoms with E-state index in [-0.39, 0.29) is 5.91 Å². The van der Waals surface area contributed by atoms with E-state index in [0.29, 0.717) is 23.6 Å². The Morgan fingerprint density at radius 1 is 1.04 bits per heavy atom. The summed E-state index contributed by atoms with van der Waals surface area (Å²) < 4.78 is 1.83. The first-order valence-electron chi connectivity index (χ1n) is 11.0. The van der Waals surface area contributed by atoms with Crippen LogP contribution in [0.5, 0.6) is 0 Å². The van der Waals surface area contributed by atoms with E-state index in [2.05, 4.69) is 10.2 Å². The Morgan fingerprint density at radius 3 is 2.68 bits per heavy atom. The third kappa shape index (κ3) is 3.60. The summed E-state index contributed by atoms with van der Waals surface area (Å²) >= 11 is 0. The van der Waals surface area contributed by atoms with Crippen LogP contribution in [0.25, 0.3) is 5.69 Å². The van der Waals surface area contributed by atoms with Gasteiger partial charge in [-0.15, -0.1) is 0 Å². The predicted octanol–water partition coefficient (Wildman–Crippen LogP) is 3.74. The topological polar surface area (TPSA) is 50.2 Å². The molecule has 1 aromatic carbocycles. The maximum atomic E-state index is 13.1. The molecule has 1 N–H and O–H groups in total. The lowest BCUT2D eigenvalue weighted by atomic mass is 9.83. The van der Waals surface area contributed by atoms with Crippen LogP contribution in [0, 0.1) is 5.92 Å². The summed E-state index contributed by atoms with van der Waals surface area (Å²) in [6, 6.07) is 12.7. The zero-order valence-electron chi connectivity index (χ0n) is 16.5. The summed E-state index contributed by atoms with van der Waals surface area (Å²) in [6.45, 7) is 3.25. The lowest BCUT2D eigenvalue weighted by Gasteiger charge is -2.44. The third-order valence-corrected chi connectivity index (χ3v) is 6.71. The van der Waals surface area contributed by atoms with Crippen LogP contribution in [-0.2, 0) is 0 Å². The highest BCUT2D eigenvalue weighted by molar-refractivity contribution is 5.93. The zero-order valence-corrected chi connectivity index (χ0v) is 16.5. The Balaban J connectivity index is 1.32. The maximum Gasteiger partial charge on any atom is 0.270 e. The molecule has 3 fully saturated rings. The van der Waals surface area contributed by atoms with Crippen molar-refractivity contribution in [3.8, 4) is 5.69 Å². The van der Waals surface area contributed by atoms with Crippen molar-refractivity contribution >= 4 is 5.91 Å². The lowest BCUT2D eigenvalue weighted by Crippen LogP contribution is -2.51. The van der Waals surface area contributed by atoms with Gasteiger partial charge in [0.05, 0.1) is 11.4 Å². The third-order valence-electron chi connectivity index (χ3n) is 6.71. The number of carbonyl (C=O) groups is 1.